The SMILES string of the molecule is CSc1ncccc1NC(=O)c1ccc(F)c(F)c1. The number of hydrogen-bond acceptors (Lipinski definition) is 3. The van der Waals surface area contributed by atoms with E-state index in [1.165, 1.54) is 17.8 Å². The summed E-state index contributed by atoms with van der Waals surface area (Å²) in [5.41, 5.74) is 0.583. The molecule has 2 aromatic rings. The summed E-state index contributed by atoms with van der Waals surface area (Å²) in [6.07, 6.45) is 3.44. The lowest BCUT2D eigenvalue weighted by Crippen LogP contribution is -2.13. The van der Waals surface area contributed by atoms with Gasteiger partial charge in [-0.15, -0.1) is 11.8 Å². The van der Waals surface area contributed by atoms with Crippen molar-refractivity contribution in [3.05, 3.63) is 53.7 Å². The number of aromatic nitrogens is 1. The minimum atomic E-state index is -1.05. The summed E-state index contributed by atoms with van der Waals surface area (Å²) in [6.45, 7) is 0. The Kier molecular flexibility index (Phi) is 4.11. The molecule has 0 saturated heterocycles. The summed E-state index contributed by atoms with van der Waals surface area (Å²) in [5, 5.41) is 3.26. The maximum atomic E-state index is 13.1. The predicted molar refractivity (Wildman–Crippen MR) is 70.3 cm³/mol. The standard InChI is InChI=1S/C13H10F2N2OS/c1-19-13-11(3-2-6-16-13)17-12(18)8-4-5-9(14)10(15)7-8/h2-7H,1H3,(H,17,18). The highest BCUT2D eigenvalue weighted by Crippen LogP contribution is 2.22. The average Bonchev–Trinajstić information content (AvgIpc) is 2.42. The van der Waals surface area contributed by atoms with Gasteiger partial charge >= 0.3 is 0 Å². The number of carbonyl (C=O) groups is 1. The molecule has 0 radical (unpaired) electrons. The van der Waals surface area contributed by atoms with E-state index < -0.39 is 17.5 Å². The highest BCUT2D eigenvalue weighted by Gasteiger charge is 2.11. The fourth-order valence-electron chi connectivity index (χ4n) is 1.48. The summed E-state index contributed by atoms with van der Waals surface area (Å²) in [5.74, 6) is -2.55. The second-order valence-corrected chi connectivity index (χ2v) is 4.44. The van der Waals surface area contributed by atoms with Crippen LogP contribution in [0.1, 0.15) is 10.4 Å². The lowest BCUT2D eigenvalue weighted by atomic mass is 10.2. The molecule has 1 amide bonds. The minimum Gasteiger partial charge on any atom is -0.320 e. The molecule has 0 unspecified atom stereocenters. The number of pyridine rings is 1. The Hall–Kier alpha value is -1.95. The quantitative estimate of drug-likeness (QED) is 0.877. The van der Waals surface area contributed by atoms with Gasteiger partial charge in [0.05, 0.1) is 5.69 Å². The fourth-order valence-corrected chi connectivity index (χ4v) is 1.99. The third kappa shape index (κ3) is 3.08. The monoisotopic (exact) mass is 280 g/mol. The number of hydrogen-bond donors (Lipinski definition) is 1. The van der Waals surface area contributed by atoms with Crippen LogP contribution in [0.5, 0.6) is 0 Å². The number of rotatable bonds is 3. The lowest BCUT2D eigenvalue weighted by molar-refractivity contribution is 0.102. The summed E-state index contributed by atoms with van der Waals surface area (Å²) in [4.78, 5) is 16.0. The van der Waals surface area contributed by atoms with Crippen LogP contribution in [-0.2, 0) is 0 Å². The van der Waals surface area contributed by atoms with Crippen molar-refractivity contribution in [3.8, 4) is 0 Å². The molecule has 6 heteroatoms. The van der Waals surface area contributed by atoms with Crippen LogP contribution in [0.2, 0.25) is 0 Å². The third-order valence-corrected chi connectivity index (χ3v) is 3.11. The number of carbonyl (C=O) groups excluding carboxylic acids is 1. The lowest BCUT2D eigenvalue weighted by Gasteiger charge is -2.08. The Bertz CT molecular complexity index is 619. The number of nitrogens with one attached hydrogen (secondary N) is 1. The highest BCUT2D eigenvalue weighted by molar-refractivity contribution is 7.98. The van der Waals surface area contributed by atoms with E-state index in [-0.39, 0.29) is 5.56 Å². The molecule has 98 valence electrons. The number of anilines is 1. The van der Waals surface area contributed by atoms with Gasteiger partial charge in [-0.2, -0.15) is 0 Å². The molecule has 3 nitrogen and oxygen atoms in total. The van der Waals surface area contributed by atoms with Crippen LogP contribution in [0.3, 0.4) is 0 Å². The maximum absolute atomic E-state index is 13.1. The summed E-state index contributed by atoms with van der Waals surface area (Å²) in [7, 11) is 0. The van der Waals surface area contributed by atoms with Gasteiger partial charge in [-0.1, -0.05) is 0 Å². The van der Waals surface area contributed by atoms with E-state index in [1.54, 1.807) is 18.3 Å². The first-order valence-electron chi connectivity index (χ1n) is 5.37. The number of amides is 1. The topological polar surface area (TPSA) is 42.0 Å². The second-order valence-electron chi connectivity index (χ2n) is 3.64. The van der Waals surface area contributed by atoms with E-state index in [0.29, 0.717) is 10.7 Å². The number of nitrogens with zero attached hydrogens (tertiary/aromatic N) is 1. The Balaban J connectivity index is 2.23. The van der Waals surface area contributed by atoms with Crippen LogP contribution in [0, 0.1) is 11.6 Å². The van der Waals surface area contributed by atoms with Gasteiger partial charge in [-0.05, 0) is 36.6 Å². The van der Waals surface area contributed by atoms with Crippen LogP contribution in [0.15, 0.2) is 41.6 Å². The molecule has 1 aromatic heterocycles. The van der Waals surface area contributed by atoms with E-state index in [0.717, 1.165) is 12.1 Å². The molecule has 0 fully saturated rings. The van der Waals surface area contributed by atoms with Gasteiger partial charge in [0.25, 0.3) is 5.91 Å². The summed E-state index contributed by atoms with van der Waals surface area (Å²) >= 11 is 1.38. The van der Waals surface area contributed by atoms with Crippen molar-refractivity contribution in [2.75, 3.05) is 11.6 Å². The van der Waals surface area contributed by atoms with Gasteiger partial charge < -0.3 is 5.32 Å². The van der Waals surface area contributed by atoms with Crippen LogP contribution < -0.4 is 5.32 Å². The van der Waals surface area contributed by atoms with Crippen molar-refractivity contribution in [2.45, 2.75) is 5.03 Å². The normalized spacial score (nSPS) is 10.3. The van der Waals surface area contributed by atoms with Gasteiger partial charge in [0, 0.05) is 11.8 Å². The first kappa shape index (κ1) is 13.5. The zero-order valence-electron chi connectivity index (χ0n) is 9.98. The van der Waals surface area contributed by atoms with Crippen LogP contribution in [-0.4, -0.2) is 17.1 Å². The maximum Gasteiger partial charge on any atom is 0.255 e. The number of thioether (sulfide) groups is 1. The van der Waals surface area contributed by atoms with E-state index in [1.807, 2.05) is 6.26 Å². The summed E-state index contributed by atoms with van der Waals surface area (Å²) in [6, 6.07) is 6.38. The van der Waals surface area contributed by atoms with E-state index in [4.69, 9.17) is 0 Å². The van der Waals surface area contributed by atoms with Crippen LogP contribution in [0.25, 0.3) is 0 Å². The molecule has 0 atom stereocenters. The van der Waals surface area contributed by atoms with Gasteiger partial charge in [-0.25, -0.2) is 13.8 Å². The van der Waals surface area contributed by atoms with Gasteiger partial charge in [0.15, 0.2) is 11.6 Å². The molecule has 0 saturated carbocycles. The molecule has 2 rings (SSSR count). The van der Waals surface area contributed by atoms with Crippen molar-refractivity contribution in [1.82, 2.24) is 4.98 Å². The zero-order valence-corrected chi connectivity index (χ0v) is 10.8. The molecule has 0 aliphatic carbocycles. The zero-order chi connectivity index (χ0) is 13.8. The smallest absolute Gasteiger partial charge is 0.255 e. The van der Waals surface area contributed by atoms with Crippen LogP contribution in [0.4, 0.5) is 14.5 Å². The van der Waals surface area contributed by atoms with Gasteiger partial charge in [0.1, 0.15) is 5.03 Å². The molecule has 1 heterocycles. The van der Waals surface area contributed by atoms with Crippen LogP contribution >= 0.6 is 11.8 Å². The predicted octanol–water partition coefficient (Wildman–Crippen LogP) is 3.33. The molecule has 19 heavy (non-hydrogen) atoms. The molecule has 0 spiro atoms. The number of halogens is 2. The van der Waals surface area contributed by atoms with Crippen molar-refractivity contribution < 1.29 is 13.6 Å². The van der Waals surface area contributed by atoms with Crippen molar-refractivity contribution in [1.29, 1.82) is 0 Å². The second kappa shape index (κ2) is 5.79. The largest absolute Gasteiger partial charge is 0.320 e. The summed E-state index contributed by atoms with van der Waals surface area (Å²) < 4.78 is 25.8. The van der Waals surface area contributed by atoms with E-state index in [9.17, 15) is 13.6 Å². The fraction of sp³-hybridized carbons (Fsp3) is 0.0769. The van der Waals surface area contributed by atoms with E-state index in [2.05, 4.69) is 10.3 Å². The highest BCUT2D eigenvalue weighted by atomic mass is 32.2. The minimum absolute atomic E-state index is 0.0507. The Morgan fingerprint density at radius 1 is 1.26 bits per heavy atom. The van der Waals surface area contributed by atoms with Crippen molar-refractivity contribution in [3.63, 3.8) is 0 Å². The van der Waals surface area contributed by atoms with Crippen molar-refractivity contribution in [2.24, 2.45) is 0 Å². The molecule has 0 bridgehead atoms. The first-order valence-corrected chi connectivity index (χ1v) is 6.59. The molecule has 1 N–H and O–H groups in total. The van der Waals surface area contributed by atoms with Gasteiger partial charge in [-0.3, -0.25) is 4.79 Å². The number of benzene rings is 1. The molecule has 0 aliphatic rings. The third-order valence-electron chi connectivity index (χ3n) is 2.39. The average molecular weight is 280 g/mol. The molecule has 0 aliphatic heterocycles. The van der Waals surface area contributed by atoms with Gasteiger partial charge in [0.2, 0.25) is 0 Å². The Morgan fingerprint density at radius 2 is 2.05 bits per heavy atom. The molecule has 1 aromatic carbocycles. The van der Waals surface area contributed by atoms with Crippen molar-refractivity contribution >= 4 is 23.4 Å². The Morgan fingerprint density at radius 3 is 2.74 bits per heavy atom. The first-order chi connectivity index (χ1) is 9.11. The molecular weight excluding hydrogens is 270 g/mol. The Labute approximate surface area is 113 Å². The van der Waals surface area contributed by atoms with E-state index >= 15 is 0 Å². The molecular formula is C13H10F2N2OS.